The van der Waals surface area contributed by atoms with E-state index >= 15 is 0 Å². The number of hydrogen-bond acceptors (Lipinski definition) is 3. The average Bonchev–Trinajstić information content (AvgIpc) is 3.06. The van der Waals surface area contributed by atoms with E-state index in [-0.39, 0.29) is 0 Å². The van der Waals surface area contributed by atoms with Crippen molar-refractivity contribution in [1.82, 2.24) is 10.2 Å². The van der Waals surface area contributed by atoms with E-state index in [4.69, 9.17) is 5.73 Å². The third-order valence-corrected chi connectivity index (χ3v) is 5.08. The first-order valence-corrected chi connectivity index (χ1v) is 10.9. The highest BCUT2D eigenvalue weighted by Crippen LogP contribution is 2.13. The minimum atomic E-state index is 0.467. The second-order valence-electron chi connectivity index (χ2n) is 7.40. The van der Waals surface area contributed by atoms with Gasteiger partial charge in [-0.1, -0.05) is 70.4 Å². The maximum Gasteiger partial charge on any atom is 0.0981 e. The van der Waals surface area contributed by atoms with Crippen LogP contribution < -0.4 is 11.1 Å². The molecule has 0 radical (unpaired) electrons. The van der Waals surface area contributed by atoms with E-state index in [0.29, 0.717) is 6.17 Å². The van der Waals surface area contributed by atoms with E-state index in [0.717, 1.165) is 13.1 Å². The number of hydrogen-bond donors (Lipinski definition) is 2. The summed E-state index contributed by atoms with van der Waals surface area (Å²) in [4.78, 5) is 2.32. The zero-order valence-electron chi connectivity index (χ0n) is 16.7. The molecule has 0 aliphatic carbocycles. The van der Waals surface area contributed by atoms with E-state index < -0.39 is 0 Å². The number of rotatable bonds is 17. The van der Waals surface area contributed by atoms with Gasteiger partial charge in [-0.05, 0) is 38.5 Å². The molecule has 1 unspecified atom stereocenters. The molecule has 0 bridgehead atoms. The molecular weight excluding hydrogens is 306 g/mol. The van der Waals surface area contributed by atoms with Gasteiger partial charge >= 0.3 is 0 Å². The largest absolute Gasteiger partial charge is 0.370 e. The number of nitrogens with zero attached hydrogens (tertiary/aromatic N) is 1. The molecule has 1 atom stereocenters. The Balaban J connectivity index is 1.81. The topological polar surface area (TPSA) is 41.3 Å². The Morgan fingerprint density at radius 1 is 0.880 bits per heavy atom. The third-order valence-electron chi connectivity index (χ3n) is 5.08. The summed E-state index contributed by atoms with van der Waals surface area (Å²) in [6.45, 7) is 3.96. The highest BCUT2D eigenvalue weighted by Gasteiger charge is 2.16. The highest BCUT2D eigenvalue weighted by molar-refractivity contribution is 4.94. The van der Waals surface area contributed by atoms with Gasteiger partial charge in [0.2, 0.25) is 0 Å². The van der Waals surface area contributed by atoms with E-state index in [2.05, 4.69) is 35.5 Å². The van der Waals surface area contributed by atoms with Crippen LogP contribution in [0.2, 0.25) is 0 Å². The number of unbranched alkanes of at least 4 members (excludes halogenated alkanes) is 11. The second-order valence-corrected chi connectivity index (χ2v) is 7.40. The molecule has 0 saturated carbocycles. The molecule has 1 heterocycles. The Morgan fingerprint density at radius 3 is 2.12 bits per heavy atom. The molecule has 25 heavy (non-hydrogen) atoms. The SMILES string of the molecule is CCCCCCCCCCC/C=C/CCCCC1NC=CN1CCN. The van der Waals surface area contributed by atoms with Crippen LogP contribution >= 0.6 is 0 Å². The van der Waals surface area contributed by atoms with E-state index in [9.17, 15) is 0 Å². The van der Waals surface area contributed by atoms with Gasteiger partial charge < -0.3 is 16.0 Å². The van der Waals surface area contributed by atoms with Crippen molar-refractivity contribution >= 4 is 0 Å². The lowest BCUT2D eigenvalue weighted by Gasteiger charge is -2.24. The normalized spacial score (nSPS) is 16.9. The molecule has 1 aliphatic rings. The molecule has 0 aromatic carbocycles. The molecule has 3 heteroatoms. The summed E-state index contributed by atoms with van der Waals surface area (Å²) in [6.07, 6.45) is 28.5. The lowest BCUT2D eigenvalue weighted by atomic mass is 10.1. The van der Waals surface area contributed by atoms with Crippen molar-refractivity contribution in [3.63, 3.8) is 0 Å². The van der Waals surface area contributed by atoms with Crippen LogP contribution in [0.25, 0.3) is 0 Å². The highest BCUT2D eigenvalue weighted by atomic mass is 15.3. The van der Waals surface area contributed by atoms with Crippen molar-refractivity contribution in [1.29, 1.82) is 0 Å². The maximum absolute atomic E-state index is 5.64. The van der Waals surface area contributed by atoms with E-state index in [1.54, 1.807) is 0 Å². The molecule has 146 valence electrons. The first kappa shape index (κ1) is 22.1. The summed E-state index contributed by atoms with van der Waals surface area (Å²) < 4.78 is 0. The Morgan fingerprint density at radius 2 is 1.48 bits per heavy atom. The first-order chi connectivity index (χ1) is 12.4. The Labute approximate surface area is 157 Å². The van der Waals surface area contributed by atoms with Crippen molar-refractivity contribution < 1.29 is 0 Å². The fraction of sp³-hybridized carbons (Fsp3) is 0.818. The molecule has 0 aromatic rings. The summed E-state index contributed by atoms with van der Waals surface area (Å²) in [5.41, 5.74) is 5.64. The van der Waals surface area contributed by atoms with Crippen molar-refractivity contribution in [3.05, 3.63) is 24.6 Å². The van der Waals surface area contributed by atoms with E-state index in [1.165, 1.54) is 89.9 Å². The smallest absolute Gasteiger partial charge is 0.0981 e. The lowest BCUT2D eigenvalue weighted by molar-refractivity contribution is 0.265. The summed E-state index contributed by atoms with van der Waals surface area (Å²) in [5.74, 6) is 0. The van der Waals surface area contributed by atoms with Crippen LogP contribution in [0.4, 0.5) is 0 Å². The van der Waals surface area contributed by atoms with Crippen LogP contribution in [0.1, 0.15) is 96.8 Å². The van der Waals surface area contributed by atoms with Crippen molar-refractivity contribution in [3.8, 4) is 0 Å². The lowest BCUT2D eigenvalue weighted by Crippen LogP contribution is -2.37. The van der Waals surface area contributed by atoms with Gasteiger partial charge in [0.15, 0.2) is 0 Å². The fourth-order valence-corrected chi connectivity index (χ4v) is 3.49. The fourth-order valence-electron chi connectivity index (χ4n) is 3.49. The number of nitrogens with one attached hydrogen (secondary N) is 1. The van der Waals surface area contributed by atoms with Gasteiger partial charge in [-0.3, -0.25) is 0 Å². The molecule has 0 aromatic heterocycles. The van der Waals surface area contributed by atoms with Gasteiger partial charge in [-0.2, -0.15) is 0 Å². The average molecular weight is 350 g/mol. The third kappa shape index (κ3) is 12.1. The van der Waals surface area contributed by atoms with Crippen LogP contribution in [0.15, 0.2) is 24.6 Å². The number of allylic oxidation sites excluding steroid dienone is 2. The molecule has 1 rings (SSSR count). The molecule has 0 fully saturated rings. The molecule has 3 N–H and O–H groups in total. The zero-order valence-corrected chi connectivity index (χ0v) is 16.7. The van der Waals surface area contributed by atoms with Gasteiger partial charge in [0.05, 0.1) is 6.17 Å². The summed E-state index contributed by atoms with van der Waals surface area (Å²) in [5, 5.41) is 3.41. The van der Waals surface area contributed by atoms with Crippen molar-refractivity contribution in [2.24, 2.45) is 5.73 Å². The van der Waals surface area contributed by atoms with Gasteiger partial charge in [-0.15, -0.1) is 0 Å². The predicted octanol–water partition coefficient (Wildman–Crippen LogP) is 5.69. The van der Waals surface area contributed by atoms with Gasteiger partial charge in [0.1, 0.15) is 0 Å². The van der Waals surface area contributed by atoms with Crippen molar-refractivity contribution in [2.45, 2.75) is 103 Å². The van der Waals surface area contributed by atoms with Crippen LogP contribution in [0, 0.1) is 0 Å². The van der Waals surface area contributed by atoms with Crippen LogP contribution in [0.3, 0.4) is 0 Å². The van der Waals surface area contributed by atoms with Gasteiger partial charge in [0, 0.05) is 25.5 Å². The zero-order chi connectivity index (χ0) is 18.0. The molecule has 3 nitrogen and oxygen atoms in total. The monoisotopic (exact) mass is 349 g/mol. The second kappa shape index (κ2) is 16.5. The van der Waals surface area contributed by atoms with Gasteiger partial charge in [0.25, 0.3) is 0 Å². The van der Waals surface area contributed by atoms with Crippen LogP contribution in [-0.2, 0) is 0 Å². The summed E-state index contributed by atoms with van der Waals surface area (Å²) in [7, 11) is 0. The van der Waals surface area contributed by atoms with Crippen LogP contribution in [-0.4, -0.2) is 24.2 Å². The van der Waals surface area contributed by atoms with Gasteiger partial charge in [-0.25, -0.2) is 0 Å². The molecular formula is C22H43N3. The first-order valence-electron chi connectivity index (χ1n) is 10.9. The molecule has 0 saturated heterocycles. The standard InChI is InChI=1S/C22H43N3/c1-2-3-4-5-6-7-8-9-10-11-12-13-14-15-16-17-22-24-19-21-25(22)20-18-23/h12-13,19,21-22,24H,2-11,14-18,20,23H2,1H3/b13-12+. The molecule has 0 amide bonds. The Hall–Kier alpha value is -0.960. The maximum atomic E-state index is 5.64. The number of nitrogens with two attached hydrogens (primary N) is 1. The minimum Gasteiger partial charge on any atom is -0.370 e. The molecule has 1 aliphatic heterocycles. The van der Waals surface area contributed by atoms with Crippen molar-refractivity contribution in [2.75, 3.05) is 13.1 Å². The van der Waals surface area contributed by atoms with E-state index in [1.807, 2.05) is 6.20 Å². The minimum absolute atomic E-state index is 0.467. The Kier molecular flexibility index (Phi) is 14.6. The predicted molar refractivity (Wildman–Crippen MR) is 111 cm³/mol. The quantitative estimate of drug-likeness (QED) is 0.262. The summed E-state index contributed by atoms with van der Waals surface area (Å²) >= 11 is 0. The van der Waals surface area contributed by atoms with Crippen LogP contribution in [0.5, 0.6) is 0 Å². The molecule has 0 spiro atoms. The Bertz CT molecular complexity index is 338. The summed E-state index contributed by atoms with van der Waals surface area (Å²) in [6, 6.07) is 0.